The van der Waals surface area contributed by atoms with Gasteiger partial charge in [0, 0.05) is 5.69 Å². The molecule has 122 valence electrons. The summed E-state index contributed by atoms with van der Waals surface area (Å²) in [5, 5.41) is 7.30. The molecule has 0 bridgehead atoms. The van der Waals surface area contributed by atoms with Crippen LogP contribution in [0.1, 0.15) is 31.0 Å². The van der Waals surface area contributed by atoms with Gasteiger partial charge >= 0.3 is 0 Å². The van der Waals surface area contributed by atoms with Crippen molar-refractivity contribution in [1.82, 2.24) is 5.32 Å². The van der Waals surface area contributed by atoms with Crippen molar-refractivity contribution in [3.63, 3.8) is 0 Å². The van der Waals surface area contributed by atoms with Gasteiger partial charge in [-0.05, 0) is 60.5 Å². The van der Waals surface area contributed by atoms with Gasteiger partial charge in [-0.25, -0.2) is 0 Å². The Kier molecular flexibility index (Phi) is 5.99. The van der Waals surface area contributed by atoms with Gasteiger partial charge in [-0.2, -0.15) is 0 Å². The molecule has 0 saturated heterocycles. The molecule has 0 saturated carbocycles. The number of hydrogen-bond donors (Lipinski definition) is 2. The zero-order valence-electron chi connectivity index (χ0n) is 14.1. The fourth-order valence-corrected chi connectivity index (χ4v) is 2.72. The van der Waals surface area contributed by atoms with E-state index in [-0.39, 0.29) is 6.04 Å². The summed E-state index contributed by atoms with van der Waals surface area (Å²) in [5.74, 6) is 1.26. The average molecular weight is 328 g/mol. The number of anilines is 1. The summed E-state index contributed by atoms with van der Waals surface area (Å²) in [7, 11) is 1.67. The maximum atomic E-state index is 5.48. The fraction of sp³-hybridized carbons (Fsp3) is 0.316. The second-order valence-electron chi connectivity index (χ2n) is 5.96. The lowest BCUT2D eigenvalue weighted by atomic mass is 9.96. The van der Waals surface area contributed by atoms with Gasteiger partial charge in [0.25, 0.3) is 0 Å². The first kappa shape index (κ1) is 17.3. The average Bonchev–Trinajstić information content (AvgIpc) is 2.52. The Morgan fingerprint density at radius 1 is 1.09 bits per heavy atom. The summed E-state index contributed by atoms with van der Waals surface area (Å²) in [6, 6.07) is 16.4. The molecular weight excluding hydrogens is 304 g/mol. The van der Waals surface area contributed by atoms with E-state index in [1.54, 1.807) is 7.11 Å². The molecule has 3 nitrogen and oxygen atoms in total. The van der Waals surface area contributed by atoms with Crippen molar-refractivity contribution in [2.75, 3.05) is 12.4 Å². The van der Waals surface area contributed by atoms with Crippen LogP contribution in [0.5, 0.6) is 5.75 Å². The molecule has 2 aromatic rings. The molecule has 0 unspecified atom stereocenters. The van der Waals surface area contributed by atoms with Crippen LogP contribution in [0, 0.1) is 12.8 Å². The molecule has 4 heteroatoms. The van der Waals surface area contributed by atoms with Crippen molar-refractivity contribution >= 4 is 23.0 Å². The minimum absolute atomic E-state index is 0.144. The Balaban J connectivity index is 2.07. The first-order valence-corrected chi connectivity index (χ1v) is 8.18. The van der Waals surface area contributed by atoms with Crippen LogP contribution in [0.2, 0.25) is 0 Å². The molecule has 0 aromatic heterocycles. The zero-order valence-corrected chi connectivity index (χ0v) is 14.9. The number of nitrogens with one attached hydrogen (secondary N) is 2. The summed E-state index contributed by atoms with van der Waals surface area (Å²) in [4.78, 5) is 0. The van der Waals surface area contributed by atoms with E-state index in [1.165, 1.54) is 11.1 Å². The zero-order chi connectivity index (χ0) is 16.8. The second kappa shape index (κ2) is 7.97. The van der Waals surface area contributed by atoms with Gasteiger partial charge in [-0.1, -0.05) is 38.1 Å². The second-order valence-corrected chi connectivity index (χ2v) is 6.37. The van der Waals surface area contributed by atoms with E-state index < -0.39 is 0 Å². The van der Waals surface area contributed by atoms with Gasteiger partial charge in [0.1, 0.15) is 5.75 Å². The maximum Gasteiger partial charge on any atom is 0.171 e. The highest BCUT2D eigenvalue weighted by Crippen LogP contribution is 2.24. The third kappa shape index (κ3) is 4.96. The number of methoxy groups -OCH3 is 1. The van der Waals surface area contributed by atoms with Crippen molar-refractivity contribution in [3.8, 4) is 5.75 Å². The van der Waals surface area contributed by atoms with Crippen LogP contribution < -0.4 is 15.4 Å². The molecule has 0 aliphatic carbocycles. The van der Waals surface area contributed by atoms with E-state index in [0.29, 0.717) is 11.0 Å². The van der Waals surface area contributed by atoms with Crippen molar-refractivity contribution in [1.29, 1.82) is 0 Å². The normalized spacial score (nSPS) is 11.9. The Morgan fingerprint density at radius 3 is 2.35 bits per heavy atom. The lowest BCUT2D eigenvalue weighted by molar-refractivity contribution is 0.413. The summed E-state index contributed by atoms with van der Waals surface area (Å²) < 4.78 is 5.22. The van der Waals surface area contributed by atoms with Crippen molar-refractivity contribution in [3.05, 3.63) is 59.7 Å². The largest absolute Gasteiger partial charge is 0.497 e. The number of hydrogen-bond acceptors (Lipinski definition) is 2. The summed E-state index contributed by atoms with van der Waals surface area (Å²) in [5.41, 5.74) is 3.39. The van der Waals surface area contributed by atoms with Gasteiger partial charge in [-0.15, -0.1) is 0 Å². The maximum absolute atomic E-state index is 5.48. The smallest absolute Gasteiger partial charge is 0.171 e. The van der Waals surface area contributed by atoms with E-state index >= 15 is 0 Å². The van der Waals surface area contributed by atoms with Crippen molar-refractivity contribution < 1.29 is 4.74 Å². The Hall–Kier alpha value is -2.07. The predicted octanol–water partition coefficient (Wildman–Crippen LogP) is 4.69. The Morgan fingerprint density at radius 2 is 1.78 bits per heavy atom. The Bertz CT molecular complexity index is 653. The van der Waals surface area contributed by atoms with Gasteiger partial charge in [0.15, 0.2) is 5.11 Å². The first-order valence-electron chi connectivity index (χ1n) is 7.77. The SMILES string of the molecule is COc1ccc([C@H](NC(=S)Nc2cccc(C)c2)C(C)C)cc1. The van der Waals surface area contributed by atoms with Crippen LogP contribution in [0.15, 0.2) is 48.5 Å². The van der Waals surface area contributed by atoms with Crippen LogP contribution in [0.3, 0.4) is 0 Å². The van der Waals surface area contributed by atoms with E-state index in [9.17, 15) is 0 Å². The van der Waals surface area contributed by atoms with E-state index in [1.807, 2.05) is 24.3 Å². The number of benzene rings is 2. The highest BCUT2D eigenvalue weighted by molar-refractivity contribution is 7.80. The molecule has 0 aliphatic heterocycles. The molecule has 0 spiro atoms. The minimum atomic E-state index is 0.144. The van der Waals surface area contributed by atoms with Crippen molar-refractivity contribution in [2.24, 2.45) is 5.92 Å². The third-order valence-electron chi connectivity index (χ3n) is 3.70. The first-order chi connectivity index (χ1) is 11.0. The monoisotopic (exact) mass is 328 g/mol. The van der Waals surface area contributed by atoms with Gasteiger partial charge in [-0.3, -0.25) is 0 Å². The van der Waals surface area contributed by atoms with Crippen LogP contribution in [0.25, 0.3) is 0 Å². The Labute approximate surface area is 144 Å². The highest BCUT2D eigenvalue weighted by atomic mass is 32.1. The van der Waals surface area contributed by atoms with Crippen molar-refractivity contribution in [2.45, 2.75) is 26.8 Å². The van der Waals surface area contributed by atoms with Gasteiger partial charge < -0.3 is 15.4 Å². The highest BCUT2D eigenvalue weighted by Gasteiger charge is 2.17. The molecule has 0 radical (unpaired) electrons. The molecule has 1 atom stereocenters. The number of ether oxygens (including phenoxy) is 1. The molecule has 0 amide bonds. The van der Waals surface area contributed by atoms with Gasteiger partial charge in [0.05, 0.1) is 13.2 Å². The summed E-state index contributed by atoms with van der Waals surface area (Å²) in [6.45, 7) is 6.42. The number of rotatable bonds is 5. The number of thiocarbonyl (C=S) groups is 1. The van der Waals surface area contributed by atoms with E-state index in [4.69, 9.17) is 17.0 Å². The molecule has 2 aromatic carbocycles. The van der Waals surface area contributed by atoms with E-state index in [2.05, 4.69) is 55.7 Å². The molecule has 0 aliphatic rings. The molecule has 0 heterocycles. The lowest BCUT2D eigenvalue weighted by Crippen LogP contribution is -2.34. The predicted molar refractivity (Wildman–Crippen MR) is 101 cm³/mol. The molecule has 23 heavy (non-hydrogen) atoms. The molecule has 0 fully saturated rings. The standard InChI is InChI=1S/C19H24N2OS/c1-13(2)18(15-8-10-17(22-4)11-9-15)21-19(23)20-16-7-5-6-14(3)12-16/h5-13,18H,1-4H3,(H2,20,21,23)/t18-/m1/s1. The molecule has 2 rings (SSSR count). The minimum Gasteiger partial charge on any atom is -0.497 e. The quantitative estimate of drug-likeness (QED) is 0.780. The van der Waals surface area contributed by atoms with Crippen LogP contribution in [0.4, 0.5) is 5.69 Å². The van der Waals surface area contributed by atoms with E-state index in [0.717, 1.165) is 11.4 Å². The fourth-order valence-electron chi connectivity index (χ4n) is 2.48. The topological polar surface area (TPSA) is 33.3 Å². The lowest BCUT2D eigenvalue weighted by Gasteiger charge is -2.25. The summed E-state index contributed by atoms with van der Waals surface area (Å²) in [6.07, 6.45) is 0. The summed E-state index contributed by atoms with van der Waals surface area (Å²) >= 11 is 5.48. The number of aryl methyl sites for hydroxylation is 1. The molecule has 2 N–H and O–H groups in total. The van der Waals surface area contributed by atoms with Crippen LogP contribution in [-0.4, -0.2) is 12.2 Å². The third-order valence-corrected chi connectivity index (χ3v) is 3.92. The van der Waals surface area contributed by atoms with Crippen LogP contribution >= 0.6 is 12.2 Å². The van der Waals surface area contributed by atoms with Crippen LogP contribution in [-0.2, 0) is 0 Å². The van der Waals surface area contributed by atoms with Gasteiger partial charge in [0.2, 0.25) is 0 Å². The molecular formula is C19H24N2OS.